The molecule has 220 valence electrons. The molecule has 10 heteroatoms. The van der Waals surface area contributed by atoms with Gasteiger partial charge < -0.3 is 16.0 Å². The molecule has 41 heavy (non-hydrogen) atoms. The van der Waals surface area contributed by atoms with Gasteiger partial charge in [0, 0.05) is 25.2 Å². The van der Waals surface area contributed by atoms with Gasteiger partial charge in [0.25, 0.3) is 0 Å². The van der Waals surface area contributed by atoms with Crippen LogP contribution in [0, 0.1) is 11.8 Å². The highest BCUT2D eigenvalue weighted by molar-refractivity contribution is 6.22. The van der Waals surface area contributed by atoms with Crippen LogP contribution in [-0.2, 0) is 36.9 Å². The molecule has 1 saturated heterocycles. The second kappa shape index (κ2) is 13.0. The third-order valence-electron chi connectivity index (χ3n) is 7.36. The molecule has 2 aliphatic rings. The van der Waals surface area contributed by atoms with Crippen molar-refractivity contribution in [2.75, 3.05) is 9.80 Å². The quantitative estimate of drug-likeness (QED) is 0.411. The SMILES string of the molecule is CC(C)C[C@@H](NC(=O)C(C)(C)N)C(=O)CC1Cc2cccc(N3C(=O)CCC3=O)c2N(Cc2ccccc2)C1=O.Cl. The second-order valence-electron chi connectivity index (χ2n) is 11.8. The standard InChI is InChI=1S/C31H38N4O5.ClH/c1-19(2)15-23(33-30(40)31(3,4)32)25(36)17-22-16-21-11-8-12-24(35-26(37)13-14-27(35)38)28(21)34(29(22)39)18-20-9-6-5-7-10-20;/h5-12,19,22-23H,13-18,32H2,1-4H3,(H,33,40);1H/t22?,23-;/m1./s1. The second-order valence-corrected chi connectivity index (χ2v) is 11.8. The largest absolute Gasteiger partial charge is 0.345 e. The van der Waals surface area contributed by atoms with E-state index in [2.05, 4.69) is 5.32 Å². The predicted octanol–water partition coefficient (Wildman–Crippen LogP) is 3.69. The number of anilines is 2. The lowest BCUT2D eigenvalue weighted by atomic mass is 9.84. The van der Waals surface area contributed by atoms with Crippen LogP contribution in [0.4, 0.5) is 11.4 Å². The third-order valence-corrected chi connectivity index (χ3v) is 7.36. The number of nitrogens with one attached hydrogen (secondary N) is 1. The normalized spacial score (nSPS) is 17.8. The fourth-order valence-corrected chi connectivity index (χ4v) is 5.32. The maximum absolute atomic E-state index is 14.1. The molecule has 0 radical (unpaired) electrons. The Morgan fingerprint density at radius 2 is 1.63 bits per heavy atom. The maximum atomic E-state index is 14.1. The minimum atomic E-state index is -1.15. The summed E-state index contributed by atoms with van der Waals surface area (Å²) >= 11 is 0. The first kappa shape index (κ1) is 32.0. The van der Waals surface area contributed by atoms with Crippen molar-refractivity contribution in [3.8, 4) is 0 Å². The molecule has 0 spiro atoms. The van der Waals surface area contributed by atoms with Gasteiger partial charge in [0.1, 0.15) is 0 Å². The molecule has 4 amide bonds. The molecule has 0 saturated carbocycles. The minimum Gasteiger partial charge on any atom is -0.345 e. The van der Waals surface area contributed by atoms with Crippen LogP contribution in [0.25, 0.3) is 0 Å². The number of para-hydroxylation sites is 1. The molecule has 4 rings (SSSR count). The average molecular weight is 583 g/mol. The highest BCUT2D eigenvalue weighted by atomic mass is 35.5. The van der Waals surface area contributed by atoms with Crippen molar-refractivity contribution < 1.29 is 24.0 Å². The number of ketones is 1. The first-order chi connectivity index (χ1) is 18.9. The number of nitrogens with two attached hydrogens (primary N) is 1. The Morgan fingerprint density at radius 1 is 1.00 bits per heavy atom. The lowest BCUT2D eigenvalue weighted by Crippen LogP contribution is -2.54. The van der Waals surface area contributed by atoms with Crippen LogP contribution in [0.5, 0.6) is 0 Å². The highest BCUT2D eigenvalue weighted by Crippen LogP contribution is 2.42. The number of carbonyl (C=O) groups is 5. The van der Waals surface area contributed by atoms with Crippen LogP contribution in [0.15, 0.2) is 48.5 Å². The molecule has 2 aromatic carbocycles. The number of Topliss-reactive ketones (excluding diaryl/α,β-unsaturated/α-hetero) is 1. The van der Waals surface area contributed by atoms with Gasteiger partial charge in [0.2, 0.25) is 23.6 Å². The van der Waals surface area contributed by atoms with Gasteiger partial charge in [-0.15, -0.1) is 12.4 Å². The fourth-order valence-electron chi connectivity index (χ4n) is 5.32. The smallest absolute Gasteiger partial charge is 0.240 e. The Hall–Kier alpha value is -3.56. The Morgan fingerprint density at radius 3 is 2.22 bits per heavy atom. The van der Waals surface area contributed by atoms with E-state index >= 15 is 0 Å². The zero-order valence-corrected chi connectivity index (χ0v) is 24.8. The Labute approximate surface area is 247 Å². The van der Waals surface area contributed by atoms with Gasteiger partial charge in [-0.25, -0.2) is 4.90 Å². The van der Waals surface area contributed by atoms with Gasteiger partial charge in [-0.2, -0.15) is 0 Å². The first-order valence-electron chi connectivity index (χ1n) is 13.8. The van der Waals surface area contributed by atoms with Crippen molar-refractivity contribution >= 4 is 53.2 Å². The number of halogens is 1. The maximum Gasteiger partial charge on any atom is 0.240 e. The molecule has 3 N–H and O–H groups in total. The predicted molar refractivity (Wildman–Crippen MR) is 160 cm³/mol. The van der Waals surface area contributed by atoms with Crippen LogP contribution in [0.2, 0.25) is 0 Å². The van der Waals surface area contributed by atoms with Gasteiger partial charge in [-0.3, -0.25) is 24.0 Å². The molecule has 2 heterocycles. The summed E-state index contributed by atoms with van der Waals surface area (Å²) in [6.45, 7) is 7.31. The van der Waals surface area contributed by atoms with Crippen molar-refractivity contribution in [3.05, 3.63) is 59.7 Å². The van der Waals surface area contributed by atoms with E-state index in [0.717, 1.165) is 11.1 Å². The molecule has 1 fully saturated rings. The van der Waals surface area contributed by atoms with Crippen molar-refractivity contribution in [1.29, 1.82) is 0 Å². The van der Waals surface area contributed by atoms with E-state index in [0.29, 0.717) is 17.8 Å². The lowest BCUT2D eigenvalue weighted by Gasteiger charge is -2.37. The summed E-state index contributed by atoms with van der Waals surface area (Å²) in [6.07, 6.45) is 0.914. The monoisotopic (exact) mass is 582 g/mol. The van der Waals surface area contributed by atoms with Gasteiger partial charge in [-0.1, -0.05) is 56.3 Å². The molecular formula is C31H39ClN4O5. The molecule has 2 atom stereocenters. The molecule has 2 aromatic rings. The minimum absolute atomic E-state index is 0. The van der Waals surface area contributed by atoms with E-state index in [9.17, 15) is 24.0 Å². The van der Waals surface area contributed by atoms with E-state index in [1.807, 2.05) is 50.2 Å². The summed E-state index contributed by atoms with van der Waals surface area (Å²) in [7, 11) is 0. The summed E-state index contributed by atoms with van der Waals surface area (Å²) in [6, 6.07) is 14.0. The zero-order valence-electron chi connectivity index (χ0n) is 24.0. The van der Waals surface area contributed by atoms with E-state index in [1.165, 1.54) is 4.90 Å². The number of rotatable bonds is 10. The number of carbonyl (C=O) groups excluding carboxylic acids is 5. The summed E-state index contributed by atoms with van der Waals surface area (Å²) in [5.74, 6) is -2.04. The van der Waals surface area contributed by atoms with E-state index in [-0.39, 0.29) is 74.1 Å². The van der Waals surface area contributed by atoms with Gasteiger partial charge in [-0.05, 0) is 49.8 Å². The van der Waals surface area contributed by atoms with Crippen LogP contribution >= 0.6 is 12.4 Å². The zero-order chi connectivity index (χ0) is 29.2. The number of hydrogen-bond donors (Lipinski definition) is 2. The molecular weight excluding hydrogens is 544 g/mol. The van der Waals surface area contributed by atoms with Crippen LogP contribution < -0.4 is 20.9 Å². The summed E-state index contributed by atoms with van der Waals surface area (Å²) in [5.41, 5.74) is 7.39. The van der Waals surface area contributed by atoms with Crippen molar-refractivity contribution in [2.24, 2.45) is 17.6 Å². The highest BCUT2D eigenvalue weighted by Gasteiger charge is 2.40. The first-order valence-corrected chi connectivity index (χ1v) is 13.8. The van der Waals surface area contributed by atoms with Crippen LogP contribution in [0.1, 0.15) is 64.5 Å². The Kier molecular flexibility index (Phi) is 10.1. The van der Waals surface area contributed by atoms with Gasteiger partial charge in [0.05, 0.1) is 29.5 Å². The van der Waals surface area contributed by atoms with Crippen molar-refractivity contribution in [2.45, 2.75) is 77.9 Å². The summed E-state index contributed by atoms with van der Waals surface area (Å²) < 4.78 is 0. The van der Waals surface area contributed by atoms with E-state index < -0.39 is 23.4 Å². The lowest BCUT2D eigenvalue weighted by molar-refractivity contribution is -0.132. The topological polar surface area (TPSA) is 130 Å². The van der Waals surface area contributed by atoms with Gasteiger partial charge >= 0.3 is 0 Å². The number of nitrogens with zero attached hydrogens (tertiary/aromatic N) is 2. The summed E-state index contributed by atoms with van der Waals surface area (Å²) in [5, 5.41) is 2.80. The Bertz CT molecular complexity index is 1310. The van der Waals surface area contributed by atoms with Crippen molar-refractivity contribution in [1.82, 2.24) is 5.32 Å². The van der Waals surface area contributed by atoms with Crippen molar-refractivity contribution in [3.63, 3.8) is 0 Å². The van der Waals surface area contributed by atoms with Crippen LogP contribution in [-0.4, -0.2) is 41.0 Å². The third kappa shape index (κ3) is 7.21. The Balaban J connectivity index is 0.00000462. The fraction of sp³-hybridized carbons (Fsp3) is 0.452. The average Bonchev–Trinajstić information content (AvgIpc) is 3.22. The number of fused-ring (bicyclic) bond motifs is 1. The number of imide groups is 1. The number of hydrogen-bond acceptors (Lipinski definition) is 6. The number of benzene rings is 2. The molecule has 1 unspecified atom stereocenters. The molecule has 9 nitrogen and oxygen atoms in total. The van der Waals surface area contributed by atoms with Crippen LogP contribution in [0.3, 0.4) is 0 Å². The molecule has 2 aliphatic heterocycles. The summed E-state index contributed by atoms with van der Waals surface area (Å²) in [4.78, 5) is 68.4. The molecule has 0 aromatic heterocycles. The van der Waals surface area contributed by atoms with E-state index in [4.69, 9.17) is 5.73 Å². The number of amides is 4. The molecule has 0 bridgehead atoms. The van der Waals surface area contributed by atoms with E-state index in [1.54, 1.807) is 30.9 Å². The van der Waals surface area contributed by atoms with Gasteiger partial charge in [0.15, 0.2) is 5.78 Å². The molecule has 0 aliphatic carbocycles.